The Morgan fingerprint density at radius 2 is 1.85 bits per heavy atom. The van der Waals surface area contributed by atoms with Crippen LogP contribution in [0, 0.1) is 5.82 Å². The molecule has 3 aromatic rings. The lowest BCUT2D eigenvalue weighted by Gasteiger charge is -2.08. The summed E-state index contributed by atoms with van der Waals surface area (Å²) in [6.45, 7) is 0. The molecule has 0 amide bonds. The van der Waals surface area contributed by atoms with Crippen LogP contribution in [0.15, 0.2) is 42.5 Å². The Morgan fingerprint density at radius 1 is 1.10 bits per heavy atom. The average molecular weight is 308 g/mol. The summed E-state index contributed by atoms with van der Waals surface area (Å²) in [4.78, 5) is 11.2. The van der Waals surface area contributed by atoms with Gasteiger partial charge in [0.1, 0.15) is 11.0 Å². The molecule has 5 heteroatoms. The lowest BCUT2D eigenvalue weighted by atomic mass is 10.2. The molecule has 20 heavy (non-hydrogen) atoms. The first-order valence-electron chi connectivity index (χ1n) is 5.83. The minimum absolute atomic E-state index is 0.00370. The van der Waals surface area contributed by atoms with E-state index in [2.05, 4.69) is 0 Å². The largest absolute Gasteiger partial charge is 0.300 e. The second-order valence-electron chi connectivity index (χ2n) is 4.27. The van der Waals surface area contributed by atoms with E-state index in [-0.39, 0.29) is 10.2 Å². The van der Waals surface area contributed by atoms with Crippen molar-refractivity contribution >= 4 is 40.4 Å². The van der Waals surface area contributed by atoms with E-state index in [0.29, 0.717) is 17.5 Å². The zero-order valence-corrected chi connectivity index (χ0v) is 11.6. The smallest absolute Gasteiger partial charge is 0.153 e. The Morgan fingerprint density at radius 3 is 2.55 bits per heavy atom. The molecule has 0 atom stereocenters. The van der Waals surface area contributed by atoms with Crippen molar-refractivity contribution in [1.29, 1.82) is 0 Å². The predicted octanol–water partition coefficient (Wildman–Crippen LogP) is 4.89. The zero-order valence-electron chi connectivity index (χ0n) is 10.1. The average Bonchev–Trinajstić information content (AvgIpc) is 2.73. The Hall–Kier alpha value is -1.84. The number of aldehydes is 1. The van der Waals surface area contributed by atoms with Crippen molar-refractivity contribution in [2.45, 2.75) is 0 Å². The molecule has 0 unspecified atom stereocenters. The second kappa shape index (κ2) is 4.93. The maximum atomic E-state index is 13.3. The molecule has 1 aromatic heterocycles. The van der Waals surface area contributed by atoms with Gasteiger partial charge in [-0.15, -0.1) is 0 Å². The van der Waals surface area contributed by atoms with Gasteiger partial charge in [-0.25, -0.2) is 4.39 Å². The quantitative estimate of drug-likeness (QED) is 0.618. The van der Waals surface area contributed by atoms with E-state index in [9.17, 15) is 9.18 Å². The van der Waals surface area contributed by atoms with E-state index in [1.165, 1.54) is 12.1 Å². The van der Waals surface area contributed by atoms with Crippen LogP contribution in [0.2, 0.25) is 10.2 Å². The fraction of sp³-hybridized carbons (Fsp3) is 0. The first kappa shape index (κ1) is 13.2. The fourth-order valence-electron chi connectivity index (χ4n) is 2.22. The van der Waals surface area contributed by atoms with Gasteiger partial charge in [-0.3, -0.25) is 9.36 Å². The molecule has 0 saturated heterocycles. The van der Waals surface area contributed by atoms with E-state index < -0.39 is 5.82 Å². The maximum absolute atomic E-state index is 13.3. The van der Waals surface area contributed by atoms with E-state index in [1.807, 2.05) is 24.3 Å². The number of hydrogen-bond donors (Lipinski definition) is 0. The molecule has 0 spiro atoms. The van der Waals surface area contributed by atoms with Gasteiger partial charge in [0.05, 0.1) is 16.1 Å². The molecule has 3 rings (SSSR count). The second-order valence-corrected chi connectivity index (χ2v) is 5.04. The highest BCUT2D eigenvalue weighted by atomic mass is 35.5. The van der Waals surface area contributed by atoms with Crippen molar-refractivity contribution in [2.75, 3.05) is 0 Å². The Kier molecular flexibility index (Phi) is 3.24. The molecular formula is C15H8Cl2FNO. The summed E-state index contributed by atoms with van der Waals surface area (Å²) in [5.74, 6) is -0.501. The molecule has 0 aliphatic heterocycles. The van der Waals surface area contributed by atoms with Gasteiger partial charge in [0.15, 0.2) is 6.29 Å². The number of carbonyl (C=O) groups excluding carboxylic acids is 1. The lowest BCUT2D eigenvalue weighted by molar-refractivity contribution is 0.112. The van der Waals surface area contributed by atoms with Gasteiger partial charge in [0, 0.05) is 11.1 Å². The molecule has 0 radical (unpaired) electrons. The van der Waals surface area contributed by atoms with Crippen LogP contribution in [-0.4, -0.2) is 10.9 Å². The minimum atomic E-state index is -0.501. The highest BCUT2D eigenvalue weighted by Gasteiger charge is 2.16. The highest BCUT2D eigenvalue weighted by Crippen LogP contribution is 2.32. The van der Waals surface area contributed by atoms with Crippen molar-refractivity contribution < 1.29 is 9.18 Å². The first-order chi connectivity index (χ1) is 9.63. The standard InChI is InChI=1S/C15H8Cl2FNO/c16-12-7-9(5-6-13(12)18)19-14-4-2-1-3-10(14)11(8-20)15(19)17/h1-8H. The Balaban J connectivity index is 2.38. The molecular weight excluding hydrogens is 300 g/mol. The molecule has 0 fully saturated rings. The number of aromatic nitrogens is 1. The number of rotatable bonds is 2. The van der Waals surface area contributed by atoms with Crippen molar-refractivity contribution in [3.63, 3.8) is 0 Å². The van der Waals surface area contributed by atoms with Crippen LogP contribution in [-0.2, 0) is 0 Å². The number of halogens is 3. The van der Waals surface area contributed by atoms with Gasteiger partial charge in [0.25, 0.3) is 0 Å². The number of nitrogens with zero attached hydrogens (tertiary/aromatic N) is 1. The van der Waals surface area contributed by atoms with Crippen LogP contribution < -0.4 is 0 Å². The summed E-state index contributed by atoms with van der Waals surface area (Å²) in [5, 5.41) is 1.03. The number of para-hydroxylation sites is 1. The summed E-state index contributed by atoms with van der Waals surface area (Å²) >= 11 is 12.1. The van der Waals surface area contributed by atoms with Crippen molar-refractivity contribution in [3.8, 4) is 5.69 Å². The lowest BCUT2D eigenvalue weighted by Crippen LogP contribution is -1.95. The van der Waals surface area contributed by atoms with Gasteiger partial charge in [-0.2, -0.15) is 0 Å². The van der Waals surface area contributed by atoms with Gasteiger partial charge in [-0.1, -0.05) is 41.4 Å². The van der Waals surface area contributed by atoms with E-state index >= 15 is 0 Å². The summed E-state index contributed by atoms with van der Waals surface area (Å²) < 4.78 is 14.9. The monoisotopic (exact) mass is 307 g/mol. The molecule has 0 bridgehead atoms. The van der Waals surface area contributed by atoms with Gasteiger partial charge in [-0.05, 0) is 24.3 Å². The molecule has 0 N–H and O–H groups in total. The normalized spacial score (nSPS) is 10.9. The van der Waals surface area contributed by atoms with Gasteiger partial charge >= 0.3 is 0 Å². The first-order valence-corrected chi connectivity index (χ1v) is 6.58. The van der Waals surface area contributed by atoms with E-state index in [0.717, 1.165) is 10.9 Å². The minimum Gasteiger partial charge on any atom is -0.300 e. The van der Waals surface area contributed by atoms with Crippen LogP contribution in [0.1, 0.15) is 10.4 Å². The summed E-state index contributed by atoms with van der Waals surface area (Å²) in [6, 6.07) is 11.6. The maximum Gasteiger partial charge on any atom is 0.153 e. The Bertz CT molecular complexity index is 826. The Labute approximate surface area is 124 Å². The number of hydrogen-bond acceptors (Lipinski definition) is 1. The molecule has 100 valence electrons. The topological polar surface area (TPSA) is 22.0 Å². The van der Waals surface area contributed by atoms with Crippen LogP contribution in [0.5, 0.6) is 0 Å². The van der Waals surface area contributed by atoms with E-state index in [1.54, 1.807) is 10.6 Å². The van der Waals surface area contributed by atoms with Crippen LogP contribution in [0.4, 0.5) is 4.39 Å². The fourth-order valence-corrected chi connectivity index (χ4v) is 2.73. The molecule has 0 aliphatic rings. The summed E-state index contributed by atoms with van der Waals surface area (Å²) in [6.07, 6.45) is 0.715. The highest BCUT2D eigenvalue weighted by molar-refractivity contribution is 6.34. The van der Waals surface area contributed by atoms with Crippen LogP contribution in [0.25, 0.3) is 16.6 Å². The molecule has 1 heterocycles. The number of benzene rings is 2. The van der Waals surface area contributed by atoms with E-state index in [4.69, 9.17) is 23.2 Å². The number of carbonyl (C=O) groups is 1. The third-order valence-electron chi connectivity index (χ3n) is 3.13. The predicted molar refractivity (Wildman–Crippen MR) is 78.6 cm³/mol. The SMILES string of the molecule is O=Cc1c(Cl)n(-c2ccc(F)c(Cl)c2)c2ccccc12. The van der Waals surface area contributed by atoms with Gasteiger partial charge in [0.2, 0.25) is 0 Å². The van der Waals surface area contributed by atoms with Gasteiger partial charge < -0.3 is 0 Å². The van der Waals surface area contributed by atoms with Crippen LogP contribution >= 0.6 is 23.2 Å². The third kappa shape index (κ3) is 1.90. The van der Waals surface area contributed by atoms with Crippen molar-refractivity contribution in [1.82, 2.24) is 4.57 Å². The molecule has 0 saturated carbocycles. The van der Waals surface area contributed by atoms with Crippen LogP contribution in [0.3, 0.4) is 0 Å². The number of fused-ring (bicyclic) bond motifs is 1. The molecule has 2 nitrogen and oxygen atoms in total. The summed E-state index contributed by atoms with van der Waals surface area (Å²) in [5.41, 5.74) is 1.77. The van der Waals surface area contributed by atoms with Crippen molar-refractivity contribution in [3.05, 3.63) is 64.0 Å². The zero-order chi connectivity index (χ0) is 14.3. The molecule has 0 aliphatic carbocycles. The molecule has 2 aromatic carbocycles. The van der Waals surface area contributed by atoms with Crippen molar-refractivity contribution in [2.24, 2.45) is 0 Å². The third-order valence-corrected chi connectivity index (χ3v) is 3.80. The summed E-state index contributed by atoms with van der Waals surface area (Å²) in [7, 11) is 0.